The summed E-state index contributed by atoms with van der Waals surface area (Å²) in [4.78, 5) is 19.8. The third kappa shape index (κ3) is 3.64. The standard InChI is InChI=1S/C22H25FN2O/c23-18-9-3-6-16(14-18)15-19-10-4-11-20(24-19)21-12-5-13-25(21)22(26)17-7-1-2-8-17/h3-4,6,9-11,14,17,21H,1-2,5,7-8,12-13,15H2. The highest BCUT2D eigenvalue weighted by Crippen LogP contribution is 2.35. The lowest BCUT2D eigenvalue weighted by molar-refractivity contribution is -0.136. The lowest BCUT2D eigenvalue weighted by Gasteiger charge is -2.27. The molecule has 1 unspecified atom stereocenters. The number of benzene rings is 1. The zero-order chi connectivity index (χ0) is 17.9. The Morgan fingerprint density at radius 2 is 1.88 bits per heavy atom. The van der Waals surface area contributed by atoms with Crippen molar-refractivity contribution in [3.8, 4) is 0 Å². The van der Waals surface area contributed by atoms with E-state index in [-0.39, 0.29) is 17.8 Å². The number of nitrogens with zero attached hydrogens (tertiary/aromatic N) is 2. The number of rotatable bonds is 4. The van der Waals surface area contributed by atoms with Crippen molar-refractivity contribution in [2.24, 2.45) is 5.92 Å². The van der Waals surface area contributed by atoms with E-state index in [2.05, 4.69) is 4.90 Å². The number of likely N-dealkylation sites (tertiary alicyclic amines) is 1. The Balaban J connectivity index is 1.52. The smallest absolute Gasteiger partial charge is 0.226 e. The van der Waals surface area contributed by atoms with Crippen molar-refractivity contribution in [2.45, 2.75) is 51.0 Å². The van der Waals surface area contributed by atoms with Gasteiger partial charge in [-0.15, -0.1) is 0 Å². The molecule has 0 bridgehead atoms. The first-order valence-corrected chi connectivity index (χ1v) is 9.71. The number of hydrogen-bond acceptors (Lipinski definition) is 2. The van der Waals surface area contributed by atoms with E-state index in [0.29, 0.717) is 12.3 Å². The Labute approximate surface area is 154 Å². The first-order chi connectivity index (χ1) is 12.7. The summed E-state index contributed by atoms with van der Waals surface area (Å²) < 4.78 is 13.4. The molecule has 4 heteroatoms. The second-order valence-electron chi connectivity index (χ2n) is 7.53. The maximum atomic E-state index is 13.4. The molecule has 1 aromatic carbocycles. The van der Waals surface area contributed by atoms with Crippen LogP contribution in [-0.4, -0.2) is 22.3 Å². The molecular weight excluding hydrogens is 327 g/mol. The Kier molecular flexibility index (Phi) is 5.00. The quantitative estimate of drug-likeness (QED) is 0.801. The molecule has 3 nitrogen and oxygen atoms in total. The lowest BCUT2D eigenvalue weighted by atomic mass is 10.0. The molecule has 1 atom stereocenters. The van der Waals surface area contributed by atoms with Gasteiger partial charge in [0.15, 0.2) is 0 Å². The van der Waals surface area contributed by atoms with Crippen molar-refractivity contribution in [3.63, 3.8) is 0 Å². The van der Waals surface area contributed by atoms with E-state index < -0.39 is 0 Å². The molecule has 0 radical (unpaired) electrons. The third-order valence-electron chi connectivity index (χ3n) is 5.68. The van der Waals surface area contributed by atoms with Gasteiger partial charge < -0.3 is 4.90 Å². The minimum Gasteiger partial charge on any atom is -0.334 e. The Bertz CT molecular complexity index is 785. The van der Waals surface area contributed by atoms with Gasteiger partial charge in [-0.2, -0.15) is 0 Å². The van der Waals surface area contributed by atoms with Crippen LogP contribution >= 0.6 is 0 Å². The second kappa shape index (κ2) is 7.56. The maximum absolute atomic E-state index is 13.4. The van der Waals surface area contributed by atoms with Gasteiger partial charge in [0.1, 0.15) is 5.82 Å². The van der Waals surface area contributed by atoms with Gasteiger partial charge in [0.2, 0.25) is 5.91 Å². The molecule has 1 aliphatic heterocycles. The average Bonchev–Trinajstić information content (AvgIpc) is 3.33. The van der Waals surface area contributed by atoms with Crippen molar-refractivity contribution in [1.29, 1.82) is 0 Å². The van der Waals surface area contributed by atoms with Gasteiger partial charge in [-0.25, -0.2) is 4.39 Å². The van der Waals surface area contributed by atoms with E-state index in [9.17, 15) is 9.18 Å². The first kappa shape index (κ1) is 17.2. The fraction of sp³-hybridized carbons (Fsp3) is 0.455. The SMILES string of the molecule is O=C(C1CCCC1)N1CCCC1c1cccc(Cc2cccc(F)c2)n1. The van der Waals surface area contributed by atoms with Crippen LogP contribution in [0.3, 0.4) is 0 Å². The van der Waals surface area contributed by atoms with Gasteiger partial charge in [-0.3, -0.25) is 9.78 Å². The molecule has 1 aliphatic carbocycles. The van der Waals surface area contributed by atoms with Crippen LogP contribution in [-0.2, 0) is 11.2 Å². The van der Waals surface area contributed by atoms with Crippen LogP contribution in [0.5, 0.6) is 0 Å². The van der Waals surface area contributed by atoms with Crippen LogP contribution in [0.1, 0.15) is 61.5 Å². The number of carbonyl (C=O) groups is 1. The number of pyridine rings is 1. The van der Waals surface area contributed by atoms with E-state index in [1.54, 1.807) is 12.1 Å². The summed E-state index contributed by atoms with van der Waals surface area (Å²) in [6, 6.07) is 12.8. The summed E-state index contributed by atoms with van der Waals surface area (Å²) in [7, 11) is 0. The van der Waals surface area contributed by atoms with E-state index in [4.69, 9.17) is 4.98 Å². The van der Waals surface area contributed by atoms with Crippen molar-refractivity contribution in [1.82, 2.24) is 9.88 Å². The molecule has 1 saturated heterocycles. The van der Waals surface area contributed by atoms with Crippen LogP contribution < -0.4 is 0 Å². The van der Waals surface area contributed by atoms with E-state index >= 15 is 0 Å². The maximum Gasteiger partial charge on any atom is 0.226 e. The Morgan fingerprint density at radius 1 is 1.08 bits per heavy atom. The van der Waals surface area contributed by atoms with Crippen LogP contribution in [0.2, 0.25) is 0 Å². The average molecular weight is 352 g/mol. The molecule has 2 heterocycles. The number of aromatic nitrogens is 1. The van der Waals surface area contributed by atoms with Gasteiger partial charge in [-0.1, -0.05) is 31.0 Å². The fourth-order valence-electron chi connectivity index (χ4n) is 4.38. The largest absolute Gasteiger partial charge is 0.334 e. The molecule has 1 saturated carbocycles. The molecular formula is C22H25FN2O. The van der Waals surface area contributed by atoms with Crippen LogP contribution in [0, 0.1) is 11.7 Å². The van der Waals surface area contributed by atoms with Crippen LogP contribution in [0.25, 0.3) is 0 Å². The first-order valence-electron chi connectivity index (χ1n) is 9.71. The summed E-state index contributed by atoms with van der Waals surface area (Å²) in [5.74, 6) is 0.316. The van der Waals surface area contributed by atoms with Crippen LogP contribution in [0.15, 0.2) is 42.5 Å². The zero-order valence-electron chi connectivity index (χ0n) is 15.0. The lowest BCUT2D eigenvalue weighted by Crippen LogP contribution is -2.35. The summed E-state index contributed by atoms with van der Waals surface area (Å²) in [5.41, 5.74) is 2.82. The van der Waals surface area contributed by atoms with Gasteiger partial charge in [0, 0.05) is 24.6 Å². The zero-order valence-corrected chi connectivity index (χ0v) is 15.0. The monoisotopic (exact) mass is 352 g/mol. The summed E-state index contributed by atoms with van der Waals surface area (Å²) >= 11 is 0. The highest BCUT2D eigenvalue weighted by Gasteiger charge is 2.35. The van der Waals surface area contributed by atoms with Crippen molar-refractivity contribution in [3.05, 3.63) is 65.2 Å². The minimum absolute atomic E-state index is 0.0931. The molecule has 2 aromatic rings. The predicted octanol–water partition coefficient (Wildman–Crippen LogP) is 4.67. The molecule has 1 amide bonds. The molecule has 0 N–H and O–H groups in total. The van der Waals surface area contributed by atoms with Gasteiger partial charge in [-0.05, 0) is 55.5 Å². The van der Waals surface area contributed by atoms with Crippen molar-refractivity contribution >= 4 is 5.91 Å². The normalized spacial score (nSPS) is 20.7. The van der Waals surface area contributed by atoms with Gasteiger partial charge in [0.25, 0.3) is 0 Å². The number of halogens is 1. The van der Waals surface area contributed by atoms with E-state index in [1.807, 2.05) is 24.3 Å². The topological polar surface area (TPSA) is 33.2 Å². The molecule has 2 fully saturated rings. The molecule has 4 rings (SSSR count). The molecule has 136 valence electrons. The number of hydrogen-bond donors (Lipinski definition) is 0. The van der Waals surface area contributed by atoms with Gasteiger partial charge >= 0.3 is 0 Å². The van der Waals surface area contributed by atoms with E-state index in [0.717, 1.165) is 49.2 Å². The minimum atomic E-state index is -0.220. The number of carbonyl (C=O) groups excluding carboxylic acids is 1. The van der Waals surface area contributed by atoms with Crippen molar-refractivity contribution in [2.75, 3.05) is 6.54 Å². The fourth-order valence-corrected chi connectivity index (χ4v) is 4.38. The second-order valence-corrected chi connectivity index (χ2v) is 7.53. The summed E-state index contributed by atoms with van der Waals surface area (Å²) in [6.45, 7) is 0.843. The predicted molar refractivity (Wildman–Crippen MR) is 99.1 cm³/mol. The Morgan fingerprint density at radius 3 is 2.69 bits per heavy atom. The molecule has 1 aromatic heterocycles. The summed E-state index contributed by atoms with van der Waals surface area (Å²) in [5, 5.41) is 0. The molecule has 26 heavy (non-hydrogen) atoms. The van der Waals surface area contributed by atoms with Gasteiger partial charge in [0.05, 0.1) is 11.7 Å². The Hall–Kier alpha value is -2.23. The number of amides is 1. The van der Waals surface area contributed by atoms with Crippen LogP contribution in [0.4, 0.5) is 4.39 Å². The molecule has 2 aliphatic rings. The third-order valence-corrected chi connectivity index (χ3v) is 5.68. The summed E-state index contributed by atoms with van der Waals surface area (Å²) in [6.07, 6.45) is 7.06. The van der Waals surface area contributed by atoms with E-state index in [1.165, 1.54) is 18.9 Å². The molecule has 0 spiro atoms. The highest BCUT2D eigenvalue weighted by atomic mass is 19.1. The van der Waals surface area contributed by atoms with Crippen molar-refractivity contribution < 1.29 is 9.18 Å². The highest BCUT2D eigenvalue weighted by molar-refractivity contribution is 5.79.